The maximum absolute atomic E-state index is 11.8. The van der Waals surface area contributed by atoms with Crippen LogP contribution in [0.2, 0.25) is 0 Å². The molecular formula is C13H27N3O. The standard InChI is InChI=1S/C13H27N3O/c1-12(2,14)9-11(17)15-10-13(16(3)4)7-5-6-8-13/h5-10,14H2,1-4H3,(H,15,17). The van der Waals surface area contributed by atoms with Gasteiger partial charge >= 0.3 is 0 Å². The molecule has 1 saturated carbocycles. The molecule has 0 heterocycles. The molecule has 0 bridgehead atoms. The lowest BCUT2D eigenvalue weighted by atomic mass is 9.95. The zero-order valence-corrected chi connectivity index (χ0v) is 11.7. The Hall–Kier alpha value is -0.610. The molecule has 0 aromatic rings. The van der Waals surface area contributed by atoms with Gasteiger partial charge in [0.1, 0.15) is 0 Å². The predicted molar refractivity (Wildman–Crippen MR) is 70.8 cm³/mol. The van der Waals surface area contributed by atoms with Crippen molar-refractivity contribution in [3.63, 3.8) is 0 Å². The molecule has 1 fully saturated rings. The second-order valence-corrected chi connectivity index (χ2v) is 6.27. The summed E-state index contributed by atoms with van der Waals surface area (Å²) in [7, 11) is 4.20. The Balaban J connectivity index is 2.45. The molecule has 0 unspecified atom stereocenters. The van der Waals surface area contributed by atoms with Crippen molar-refractivity contribution in [1.29, 1.82) is 0 Å². The summed E-state index contributed by atoms with van der Waals surface area (Å²) in [6.07, 6.45) is 5.25. The van der Waals surface area contributed by atoms with Gasteiger partial charge in [0.05, 0.1) is 0 Å². The van der Waals surface area contributed by atoms with Crippen LogP contribution in [0.4, 0.5) is 0 Å². The highest BCUT2D eigenvalue weighted by Crippen LogP contribution is 2.33. The number of carbonyl (C=O) groups excluding carboxylic acids is 1. The molecular weight excluding hydrogens is 214 g/mol. The van der Waals surface area contributed by atoms with E-state index in [1.807, 2.05) is 13.8 Å². The van der Waals surface area contributed by atoms with E-state index in [9.17, 15) is 4.79 Å². The van der Waals surface area contributed by atoms with Gasteiger partial charge < -0.3 is 16.0 Å². The fourth-order valence-corrected chi connectivity index (χ4v) is 2.55. The van der Waals surface area contributed by atoms with Crippen molar-refractivity contribution in [2.24, 2.45) is 5.73 Å². The van der Waals surface area contributed by atoms with Crippen LogP contribution in [0, 0.1) is 0 Å². The summed E-state index contributed by atoms with van der Waals surface area (Å²) in [4.78, 5) is 14.0. The van der Waals surface area contributed by atoms with E-state index in [-0.39, 0.29) is 11.4 Å². The number of amides is 1. The van der Waals surface area contributed by atoms with Crippen LogP contribution in [0.25, 0.3) is 0 Å². The van der Waals surface area contributed by atoms with Crippen LogP contribution in [0.5, 0.6) is 0 Å². The highest BCUT2D eigenvalue weighted by Gasteiger charge is 2.36. The molecule has 1 aliphatic rings. The van der Waals surface area contributed by atoms with Crippen molar-refractivity contribution in [3.8, 4) is 0 Å². The Morgan fingerprint density at radius 1 is 1.35 bits per heavy atom. The van der Waals surface area contributed by atoms with Gasteiger partial charge in [0.2, 0.25) is 5.91 Å². The average Bonchev–Trinajstić information content (AvgIpc) is 2.61. The third-order valence-corrected chi connectivity index (χ3v) is 3.71. The predicted octanol–water partition coefficient (Wildman–Crippen LogP) is 1.10. The molecule has 100 valence electrons. The fraction of sp³-hybridized carbons (Fsp3) is 0.923. The third kappa shape index (κ3) is 4.28. The van der Waals surface area contributed by atoms with Crippen molar-refractivity contribution in [3.05, 3.63) is 0 Å². The van der Waals surface area contributed by atoms with Crippen LogP contribution in [-0.2, 0) is 4.79 Å². The SMILES string of the molecule is CN(C)C1(CNC(=O)CC(C)(C)N)CCCC1. The smallest absolute Gasteiger partial charge is 0.221 e. The fourth-order valence-electron chi connectivity index (χ4n) is 2.55. The molecule has 0 radical (unpaired) electrons. The van der Waals surface area contributed by atoms with Crippen molar-refractivity contribution >= 4 is 5.91 Å². The summed E-state index contributed by atoms with van der Waals surface area (Å²) >= 11 is 0. The lowest BCUT2D eigenvalue weighted by Crippen LogP contribution is -2.51. The van der Waals surface area contributed by atoms with Crippen LogP contribution in [-0.4, -0.2) is 42.5 Å². The van der Waals surface area contributed by atoms with E-state index in [0.717, 1.165) is 6.54 Å². The van der Waals surface area contributed by atoms with Crippen LogP contribution in [0.3, 0.4) is 0 Å². The Morgan fingerprint density at radius 3 is 2.29 bits per heavy atom. The van der Waals surface area contributed by atoms with Gasteiger partial charge in [-0.3, -0.25) is 4.79 Å². The van der Waals surface area contributed by atoms with Crippen molar-refractivity contribution < 1.29 is 4.79 Å². The Kier molecular flexibility index (Phi) is 4.55. The monoisotopic (exact) mass is 241 g/mol. The van der Waals surface area contributed by atoms with Gasteiger partial charge in [-0.05, 0) is 40.8 Å². The van der Waals surface area contributed by atoms with E-state index < -0.39 is 5.54 Å². The maximum Gasteiger partial charge on any atom is 0.221 e. The topological polar surface area (TPSA) is 58.4 Å². The summed E-state index contributed by atoms with van der Waals surface area (Å²) in [6.45, 7) is 4.50. The number of nitrogens with two attached hydrogens (primary N) is 1. The normalized spacial score (nSPS) is 19.6. The number of rotatable bonds is 5. The van der Waals surface area contributed by atoms with Crippen molar-refractivity contribution in [2.75, 3.05) is 20.6 Å². The molecule has 0 aliphatic heterocycles. The van der Waals surface area contributed by atoms with Gasteiger partial charge in [0, 0.05) is 24.0 Å². The minimum Gasteiger partial charge on any atom is -0.354 e. The number of hydrogen-bond donors (Lipinski definition) is 2. The molecule has 17 heavy (non-hydrogen) atoms. The largest absolute Gasteiger partial charge is 0.354 e. The van der Waals surface area contributed by atoms with E-state index >= 15 is 0 Å². The van der Waals surface area contributed by atoms with E-state index in [2.05, 4.69) is 24.3 Å². The zero-order valence-electron chi connectivity index (χ0n) is 11.7. The molecule has 0 atom stereocenters. The van der Waals surface area contributed by atoms with Gasteiger partial charge in [-0.25, -0.2) is 0 Å². The van der Waals surface area contributed by atoms with Crippen LogP contribution < -0.4 is 11.1 Å². The number of carbonyl (C=O) groups is 1. The second kappa shape index (κ2) is 5.36. The molecule has 3 N–H and O–H groups in total. The molecule has 0 spiro atoms. The first-order chi connectivity index (χ1) is 7.75. The molecule has 1 rings (SSSR count). The Labute approximate surface area is 105 Å². The minimum absolute atomic E-state index is 0.0608. The van der Waals surface area contributed by atoms with E-state index in [4.69, 9.17) is 5.73 Å². The molecule has 1 aliphatic carbocycles. The van der Waals surface area contributed by atoms with Crippen LogP contribution in [0.15, 0.2) is 0 Å². The number of hydrogen-bond acceptors (Lipinski definition) is 3. The lowest BCUT2D eigenvalue weighted by molar-refractivity contribution is -0.122. The summed E-state index contributed by atoms with van der Waals surface area (Å²) < 4.78 is 0. The van der Waals surface area contributed by atoms with Crippen molar-refractivity contribution in [2.45, 2.75) is 57.0 Å². The van der Waals surface area contributed by atoms with Gasteiger partial charge in [-0.2, -0.15) is 0 Å². The molecule has 4 heteroatoms. The van der Waals surface area contributed by atoms with E-state index in [1.165, 1.54) is 25.7 Å². The number of nitrogens with one attached hydrogen (secondary N) is 1. The summed E-state index contributed by atoms with van der Waals surface area (Å²) in [5.74, 6) is 0.0608. The average molecular weight is 241 g/mol. The highest BCUT2D eigenvalue weighted by molar-refractivity contribution is 5.77. The molecule has 0 aromatic carbocycles. The summed E-state index contributed by atoms with van der Waals surface area (Å²) in [5.41, 5.74) is 5.58. The zero-order chi connectivity index (χ0) is 13.1. The third-order valence-electron chi connectivity index (χ3n) is 3.71. The van der Waals surface area contributed by atoms with Crippen LogP contribution in [0.1, 0.15) is 46.0 Å². The van der Waals surface area contributed by atoms with Crippen molar-refractivity contribution in [1.82, 2.24) is 10.2 Å². The van der Waals surface area contributed by atoms with Gasteiger partial charge in [0.15, 0.2) is 0 Å². The number of nitrogens with zero attached hydrogens (tertiary/aromatic N) is 1. The molecule has 1 amide bonds. The Morgan fingerprint density at radius 2 is 1.88 bits per heavy atom. The maximum atomic E-state index is 11.8. The summed E-state index contributed by atoms with van der Waals surface area (Å²) in [6, 6.07) is 0. The first kappa shape index (κ1) is 14.5. The van der Waals surface area contributed by atoms with E-state index in [1.54, 1.807) is 0 Å². The highest BCUT2D eigenvalue weighted by atomic mass is 16.1. The minimum atomic E-state index is -0.426. The van der Waals surface area contributed by atoms with Gasteiger partial charge in [0.25, 0.3) is 0 Å². The first-order valence-electron chi connectivity index (χ1n) is 6.48. The molecule has 4 nitrogen and oxygen atoms in total. The second-order valence-electron chi connectivity index (χ2n) is 6.27. The van der Waals surface area contributed by atoms with E-state index in [0.29, 0.717) is 6.42 Å². The number of likely N-dealkylation sites (N-methyl/N-ethyl adjacent to an activating group) is 1. The quantitative estimate of drug-likeness (QED) is 0.758. The van der Waals surface area contributed by atoms with Gasteiger partial charge in [-0.15, -0.1) is 0 Å². The summed E-state index contributed by atoms with van der Waals surface area (Å²) in [5, 5.41) is 3.04. The van der Waals surface area contributed by atoms with Gasteiger partial charge in [-0.1, -0.05) is 12.8 Å². The lowest BCUT2D eigenvalue weighted by Gasteiger charge is -2.36. The molecule has 0 aromatic heterocycles. The first-order valence-corrected chi connectivity index (χ1v) is 6.48. The molecule has 0 saturated heterocycles. The van der Waals surface area contributed by atoms with Crippen LogP contribution >= 0.6 is 0 Å². The Bertz CT molecular complexity index is 262.